The third-order valence-electron chi connectivity index (χ3n) is 10.1. The van der Waals surface area contributed by atoms with Crippen molar-refractivity contribution in [1.82, 2.24) is 10.2 Å². The van der Waals surface area contributed by atoms with Crippen LogP contribution in [0.1, 0.15) is 82.8 Å². The number of rotatable bonds is 13. The summed E-state index contributed by atoms with van der Waals surface area (Å²) in [5.74, 6) is 1.61. The van der Waals surface area contributed by atoms with Gasteiger partial charge in [-0.15, -0.1) is 0 Å². The van der Waals surface area contributed by atoms with Crippen LogP contribution >= 0.6 is 23.2 Å². The Bertz CT molecular complexity index is 1410. The first kappa shape index (κ1) is 33.1. The first-order valence-corrected chi connectivity index (χ1v) is 18.6. The Labute approximate surface area is 272 Å². The molecule has 4 bridgehead atoms. The quantitative estimate of drug-likeness (QED) is 0.235. The van der Waals surface area contributed by atoms with Crippen molar-refractivity contribution >= 4 is 50.7 Å². The summed E-state index contributed by atoms with van der Waals surface area (Å²) in [5.41, 5.74) is 2.41. The number of hydrogen-bond donors (Lipinski definition) is 1. The fraction of sp³-hybridized carbons (Fsp3) is 0.588. The van der Waals surface area contributed by atoms with Crippen LogP contribution in [-0.2, 0) is 31.6 Å². The van der Waals surface area contributed by atoms with Crippen molar-refractivity contribution in [3.05, 3.63) is 63.6 Å². The molecule has 4 saturated carbocycles. The molecule has 0 spiro atoms. The van der Waals surface area contributed by atoms with E-state index < -0.39 is 28.5 Å². The number of hydrogen-bond acceptors (Lipinski definition) is 4. The van der Waals surface area contributed by atoms with Crippen LogP contribution in [0.5, 0.6) is 0 Å². The molecule has 240 valence electrons. The lowest BCUT2D eigenvalue weighted by atomic mass is 9.48. The van der Waals surface area contributed by atoms with Crippen LogP contribution < -0.4 is 9.62 Å². The molecule has 0 unspecified atom stereocenters. The van der Waals surface area contributed by atoms with Crippen LogP contribution in [0.25, 0.3) is 0 Å². The highest BCUT2D eigenvalue weighted by atomic mass is 35.5. The number of halogens is 2. The molecule has 2 aromatic rings. The lowest BCUT2D eigenvalue weighted by Crippen LogP contribution is -2.52. The Morgan fingerprint density at radius 1 is 0.955 bits per heavy atom. The predicted molar refractivity (Wildman–Crippen MR) is 177 cm³/mol. The zero-order chi connectivity index (χ0) is 31.6. The number of unbranched alkanes of at least 4 members (excludes halogenated alkanes) is 1. The van der Waals surface area contributed by atoms with E-state index in [4.69, 9.17) is 23.2 Å². The third-order valence-corrected chi connectivity index (χ3v) is 11.9. The molecular formula is C34H45Cl2N3O4S. The molecule has 2 amide bonds. The van der Waals surface area contributed by atoms with E-state index in [1.54, 1.807) is 18.2 Å². The van der Waals surface area contributed by atoms with E-state index in [1.807, 2.05) is 26.0 Å². The number of benzene rings is 2. The largest absolute Gasteiger partial charge is 0.354 e. The van der Waals surface area contributed by atoms with Gasteiger partial charge in [-0.25, -0.2) is 8.42 Å². The van der Waals surface area contributed by atoms with Crippen molar-refractivity contribution in [3.8, 4) is 0 Å². The summed E-state index contributed by atoms with van der Waals surface area (Å²) in [4.78, 5) is 28.8. The van der Waals surface area contributed by atoms with Gasteiger partial charge in [-0.3, -0.25) is 13.9 Å². The van der Waals surface area contributed by atoms with Crippen LogP contribution in [0.15, 0.2) is 42.5 Å². The minimum atomic E-state index is -3.83. The number of amides is 2. The second-order valence-corrected chi connectivity index (χ2v) is 16.0. The predicted octanol–water partition coefficient (Wildman–Crippen LogP) is 6.95. The minimum Gasteiger partial charge on any atom is -0.354 e. The van der Waals surface area contributed by atoms with E-state index in [0.717, 1.165) is 41.2 Å². The van der Waals surface area contributed by atoms with Crippen molar-refractivity contribution in [2.75, 3.05) is 23.7 Å². The number of nitrogens with one attached hydrogen (secondary N) is 1. The number of sulfonamides is 1. The summed E-state index contributed by atoms with van der Waals surface area (Å²) >= 11 is 13.0. The van der Waals surface area contributed by atoms with E-state index >= 15 is 0 Å². The van der Waals surface area contributed by atoms with E-state index in [2.05, 4.69) is 17.4 Å². The second-order valence-electron chi connectivity index (χ2n) is 13.3. The molecule has 0 aliphatic heterocycles. The first-order chi connectivity index (χ1) is 20.9. The van der Waals surface area contributed by atoms with Gasteiger partial charge in [0.2, 0.25) is 21.8 Å². The van der Waals surface area contributed by atoms with Gasteiger partial charge in [-0.2, -0.15) is 0 Å². The van der Waals surface area contributed by atoms with Crippen LogP contribution in [-0.4, -0.2) is 50.5 Å². The Hall–Kier alpha value is -2.29. The Morgan fingerprint density at radius 3 is 2.02 bits per heavy atom. The van der Waals surface area contributed by atoms with Gasteiger partial charge in [-0.05, 0) is 104 Å². The molecule has 0 radical (unpaired) electrons. The highest BCUT2D eigenvalue weighted by molar-refractivity contribution is 7.92. The fourth-order valence-electron chi connectivity index (χ4n) is 8.34. The normalized spacial score (nSPS) is 24.6. The van der Waals surface area contributed by atoms with Gasteiger partial charge >= 0.3 is 0 Å². The first-order valence-electron chi connectivity index (χ1n) is 16.0. The van der Waals surface area contributed by atoms with Crippen molar-refractivity contribution in [3.63, 3.8) is 0 Å². The molecule has 4 fully saturated rings. The maximum absolute atomic E-state index is 14.1. The molecule has 7 nitrogen and oxygen atoms in total. The van der Waals surface area contributed by atoms with Gasteiger partial charge < -0.3 is 10.2 Å². The number of anilines is 1. The molecule has 0 aromatic heterocycles. The zero-order valence-electron chi connectivity index (χ0n) is 26.0. The third kappa shape index (κ3) is 7.07. The topological polar surface area (TPSA) is 86.8 Å². The molecule has 4 aliphatic rings. The molecule has 2 aromatic carbocycles. The molecular weight excluding hydrogens is 617 g/mol. The molecule has 6 rings (SSSR count). The maximum atomic E-state index is 14.1. The lowest BCUT2D eigenvalue weighted by molar-refractivity contribution is -0.140. The molecule has 4 aliphatic carbocycles. The molecule has 0 saturated heterocycles. The van der Waals surface area contributed by atoms with E-state index in [1.165, 1.54) is 49.0 Å². The van der Waals surface area contributed by atoms with Gasteiger partial charge in [0.05, 0.1) is 11.9 Å². The average Bonchev–Trinajstić information content (AvgIpc) is 2.96. The molecule has 1 atom stereocenters. The van der Waals surface area contributed by atoms with Crippen LogP contribution in [0.4, 0.5) is 5.69 Å². The Morgan fingerprint density at radius 2 is 1.52 bits per heavy atom. The summed E-state index contributed by atoms with van der Waals surface area (Å²) in [5, 5.41) is 3.67. The maximum Gasteiger partial charge on any atom is 0.244 e. The van der Waals surface area contributed by atoms with Gasteiger partial charge in [0.25, 0.3) is 0 Å². The van der Waals surface area contributed by atoms with Gasteiger partial charge in [0.1, 0.15) is 12.6 Å². The molecule has 1 N–H and O–H groups in total. The summed E-state index contributed by atoms with van der Waals surface area (Å²) in [6, 6.07) is 12.1. The average molecular weight is 663 g/mol. The Kier molecular flexibility index (Phi) is 10.2. The number of nitrogens with zero attached hydrogens (tertiary/aromatic N) is 2. The van der Waals surface area contributed by atoms with Crippen molar-refractivity contribution in [2.24, 2.45) is 17.8 Å². The van der Waals surface area contributed by atoms with E-state index in [0.29, 0.717) is 34.3 Å². The Balaban J connectivity index is 1.41. The lowest BCUT2D eigenvalue weighted by Gasteiger charge is -2.57. The minimum absolute atomic E-state index is 0.0282. The molecule has 44 heavy (non-hydrogen) atoms. The van der Waals surface area contributed by atoms with E-state index in [9.17, 15) is 18.0 Å². The van der Waals surface area contributed by atoms with E-state index in [-0.39, 0.29) is 17.9 Å². The van der Waals surface area contributed by atoms with Gasteiger partial charge in [0.15, 0.2) is 0 Å². The molecule has 10 heteroatoms. The number of carbonyl (C=O) groups excluding carboxylic acids is 2. The highest BCUT2D eigenvalue weighted by Gasteiger charge is 2.51. The summed E-state index contributed by atoms with van der Waals surface area (Å²) in [7, 11) is -3.83. The monoisotopic (exact) mass is 661 g/mol. The summed E-state index contributed by atoms with van der Waals surface area (Å²) in [6.07, 6.45) is 10.9. The summed E-state index contributed by atoms with van der Waals surface area (Å²) < 4.78 is 27.4. The summed E-state index contributed by atoms with van der Waals surface area (Å²) in [6.45, 7) is 3.88. The van der Waals surface area contributed by atoms with Crippen molar-refractivity contribution < 1.29 is 18.0 Å². The van der Waals surface area contributed by atoms with Crippen LogP contribution in [0, 0.1) is 17.8 Å². The van der Waals surface area contributed by atoms with Crippen molar-refractivity contribution in [2.45, 2.75) is 89.6 Å². The van der Waals surface area contributed by atoms with Crippen LogP contribution in [0.3, 0.4) is 0 Å². The highest BCUT2D eigenvalue weighted by Crippen LogP contribution is 2.60. The second kappa shape index (κ2) is 13.6. The standard InChI is InChI=1S/C34H45Cl2N3O4S/c1-4-6-14-37-33(41)31(5-2)38(21-28-29(35)8-7-9-30(28)36)32(40)22-39(44(3,42)43)27-12-10-26(11-13-27)34-18-23-15-24(19-34)17-25(16-23)20-34/h7-13,23-25,31H,4-6,14-22H2,1-3H3,(H,37,41)/t23?,24?,25?,31-,34?/m1/s1. The van der Waals surface area contributed by atoms with Crippen molar-refractivity contribution in [1.29, 1.82) is 0 Å². The van der Waals surface area contributed by atoms with Gasteiger partial charge in [0, 0.05) is 28.7 Å². The van der Waals surface area contributed by atoms with Crippen LogP contribution in [0.2, 0.25) is 10.0 Å². The van der Waals surface area contributed by atoms with Gasteiger partial charge in [-0.1, -0.05) is 61.7 Å². The zero-order valence-corrected chi connectivity index (χ0v) is 28.4. The smallest absolute Gasteiger partial charge is 0.244 e. The number of carbonyl (C=O) groups is 2. The molecule has 0 heterocycles. The SMILES string of the molecule is CCCCNC(=O)[C@@H](CC)N(Cc1c(Cl)cccc1Cl)C(=O)CN(c1ccc(C23CC4CC(CC(C4)C2)C3)cc1)S(C)(=O)=O. The fourth-order valence-corrected chi connectivity index (χ4v) is 9.71.